The van der Waals surface area contributed by atoms with Crippen LogP contribution < -0.4 is 5.73 Å². The average molecular weight is 214 g/mol. The standard InChI is InChI=1S/C12H26N2O/c1-10-5-6-14(7-11(10)15-4)9-12(2,3)8-13/h10-11H,5-9,13H2,1-4H3. The van der Waals surface area contributed by atoms with Crippen LogP contribution >= 0.6 is 0 Å². The van der Waals surface area contributed by atoms with Crippen molar-refractivity contribution >= 4 is 0 Å². The van der Waals surface area contributed by atoms with Crippen LogP contribution in [0.25, 0.3) is 0 Å². The number of piperidine rings is 1. The van der Waals surface area contributed by atoms with Gasteiger partial charge in [-0.15, -0.1) is 0 Å². The van der Waals surface area contributed by atoms with E-state index in [0.717, 1.165) is 19.6 Å². The number of hydrogen-bond acceptors (Lipinski definition) is 3. The molecule has 0 aromatic rings. The first-order valence-corrected chi connectivity index (χ1v) is 5.94. The molecule has 15 heavy (non-hydrogen) atoms. The highest BCUT2D eigenvalue weighted by molar-refractivity contribution is 4.82. The minimum atomic E-state index is 0.221. The van der Waals surface area contributed by atoms with E-state index < -0.39 is 0 Å². The summed E-state index contributed by atoms with van der Waals surface area (Å²) in [6.45, 7) is 10.8. The van der Waals surface area contributed by atoms with E-state index in [-0.39, 0.29) is 5.41 Å². The second kappa shape index (κ2) is 5.28. The summed E-state index contributed by atoms with van der Waals surface area (Å²) in [6.07, 6.45) is 1.63. The van der Waals surface area contributed by atoms with Gasteiger partial charge in [-0.25, -0.2) is 0 Å². The largest absolute Gasteiger partial charge is 0.380 e. The van der Waals surface area contributed by atoms with E-state index in [0.29, 0.717) is 12.0 Å². The zero-order chi connectivity index (χ0) is 11.5. The summed E-state index contributed by atoms with van der Waals surface area (Å²) in [6, 6.07) is 0. The van der Waals surface area contributed by atoms with Crippen molar-refractivity contribution in [2.24, 2.45) is 17.1 Å². The molecule has 3 heteroatoms. The highest BCUT2D eigenvalue weighted by Gasteiger charge is 2.29. The van der Waals surface area contributed by atoms with E-state index in [9.17, 15) is 0 Å². The fourth-order valence-corrected chi connectivity index (χ4v) is 2.22. The highest BCUT2D eigenvalue weighted by Crippen LogP contribution is 2.23. The van der Waals surface area contributed by atoms with Crippen molar-refractivity contribution < 1.29 is 4.74 Å². The summed E-state index contributed by atoms with van der Waals surface area (Å²) < 4.78 is 5.51. The third-order valence-corrected chi connectivity index (χ3v) is 3.48. The lowest BCUT2D eigenvalue weighted by Gasteiger charge is -2.39. The predicted octanol–water partition coefficient (Wildman–Crippen LogP) is 1.33. The second-order valence-corrected chi connectivity index (χ2v) is 5.64. The molecule has 1 saturated heterocycles. The van der Waals surface area contributed by atoms with Crippen molar-refractivity contribution in [1.82, 2.24) is 4.90 Å². The molecular formula is C12H26N2O. The molecule has 0 saturated carbocycles. The van der Waals surface area contributed by atoms with Crippen molar-refractivity contribution in [1.29, 1.82) is 0 Å². The minimum absolute atomic E-state index is 0.221. The van der Waals surface area contributed by atoms with Crippen LogP contribution in [0, 0.1) is 11.3 Å². The molecule has 0 amide bonds. The molecule has 0 radical (unpaired) electrons. The third kappa shape index (κ3) is 3.74. The average Bonchev–Trinajstić information content (AvgIpc) is 2.20. The molecule has 2 N–H and O–H groups in total. The topological polar surface area (TPSA) is 38.5 Å². The van der Waals surface area contributed by atoms with E-state index in [1.165, 1.54) is 13.0 Å². The van der Waals surface area contributed by atoms with Gasteiger partial charge in [0.25, 0.3) is 0 Å². The molecule has 0 aliphatic carbocycles. The molecule has 1 aliphatic rings. The van der Waals surface area contributed by atoms with Crippen molar-refractivity contribution in [2.45, 2.75) is 33.3 Å². The van der Waals surface area contributed by atoms with Crippen LogP contribution in [-0.4, -0.2) is 44.3 Å². The summed E-state index contributed by atoms with van der Waals surface area (Å²) in [7, 11) is 1.82. The SMILES string of the molecule is COC1CN(CC(C)(C)CN)CCC1C. The summed E-state index contributed by atoms with van der Waals surface area (Å²) in [5.74, 6) is 0.687. The minimum Gasteiger partial charge on any atom is -0.380 e. The van der Waals surface area contributed by atoms with Crippen LogP contribution in [0.1, 0.15) is 27.2 Å². The van der Waals surface area contributed by atoms with Crippen molar-refractivity contribution in [3.05, 3.63) is 0 Å². The Kier molecular flexibility index (Phi) is 4.56. The lowest BCUT2D eigenvalue weighted by molar-refractivity contribution is -0.0142. The first kappa shape index (κ1) is 12.9. The van der Waals surface area contributed by atoms with E-state index in [1.54, 1.807) is 0 Å². The van der Waals surface area contributed by atoms with Gasteiger partial charge in [-0.05, 0) is 30.8 Å². The Morgan fingerprint density at radius 2 is 2.13 bits per heavy atom. The van der Waals surface area contributed by atoms with Crippen molar-refractivity contribution in [2.75, 3.05) is 33.3 Å². The van der Waals surface area contributed by atoms with E-state index in [4.69, 9.17) is 10.5 Å². The van der Waals surface area contributed by atoms with E-state index in [2.05, 4.69) is 25.7 Å². The molecule has 3 nitrogen and oxygen atoms in total. The zero-order valence-corrected chi connectivity index (χ0v) is 10.6. The number of rotatable bonds is 4. The van der Waals surface area contributed by atoms with Crippen LogP contribution in [-0.2, 0) is 4.74 Å². The Morgan fingerprint density at radius 3 is 2.67 bits per heavy atom. The second-order valence-electron chi connectivity index (χ2n) is 5.64. The fourth-order valence-electron chi connectivity index (χ4n) is 2.22. The number of nitrogens with zero attached hydrogens (tertiary/aromatic N) is 1. The molecule has 1 fully saturated rings. The Balaban J connectivity index is 2.45. The molecule has 0 aromatic carbocycles. The Labute approximate surface area is 94.0 Å². The fraction of sp³-hybridized carbons (Fsp3) is 1.00. The lowest BCUT2D eigenvalue weighted by atomic mass is 9.90. The lowest BCUT2D eigenvalue weighted by Crippen LogP contribution is -2.48. The summed E-state index contributed by atoms with van der Waals surface area (Å²) in [5, 5.41) is 0. The van der Waals surface area contributed by atoms with Crippen LogP contribution in [0.15, 0.2) is 0 Å². The van der Waals surface area contributed by atoms with Gasteiger partial charge in [-0.1, -0.05) is 20.8 Å². The van der Waals surface area contributed by atoms with Gasteiger partial charge in [0.2, 0.25) is 0 Å². The predicted molar refractivity (Wildman–Crippen MR) is 63.9 cm³/mol. The molecule has 2 atom stereocenters. The maximum atomic E-state index is 5.76. The normalized spacial score (nSPS) is 29.4. The van der Waals surface area contributed by atoms with Crippen molar-refractivity contribution in [3.63, 3.8) is 0 Å². The monoisotopic (exact) mass is 214 g/mol. The maximum Gasteiger partial charge on any atom is 0.0724 e. The van der Waals surface area contributed by atoms with Crippen LogP contribution in [0.3, 0.4) is 0 Å². The Bertz CT molecular complexity index is 194. The van der Waals surface area contributed by atoms with E-state index in [1.807, 2.05) is 7.11 Å². The molecule has 0 bridgehead atoms. The smallest absolute Gasteiger partial charge is 0.0724 e. The van der Waals surface area contributed by atoms with Gasteiger partial charge >= 0.3 is 0 Å². The van der Waals surface area contributed by atoms with Gasteiger partial charge < -0.3 is 15.4 Å². The number of hydrogen-bond donors (Lipinski definition) is 1. The molecule has 1 rings (SSSR count). The first-order chi connectivity index (χ1) is 6.98. The molecule has 1 heterocycles. The molecule has 2 unspecified atom stereocenters. The van der Waals surface area contributed by atoms with Gasteiger partial charge in [0.05, 0.1) is 6.10 Å². The maximum absolute atomic E-state index is 5.76. The molecule has 0 aromatic heterocycles. The molecule has 90 valence electrons. The Hall–Kier alpha value is -0.120. The Morgan fingerprint density at radius 1 is 1.47 bits per heavy atom. The quantitative estimate of drug-likeness (QED) is 0.767. The summed E-state index contributed by atoms with van der Waals surface area (Å²) in [4.78, 5) is 2.49. The summed E-state index contributed by atoms with van der Waals surface area (Å²) in [5.41, 5.74) is 5.98. The highest BCUT2D eigenvalue weighted by atomic mass is 16.5. The van der Waals surface area contributed by atoms with Crippen LogP contribution in [0.5, 0.6) is 0 Å². The van der Waals surface area contributed by atoms with E-state index >= 15 is 0 Å². The zero-order valence-electron chi connectivity index (χ0n) is 10.6. The number of methoxy groups -OCH3 is 1. The van der Waals surface area contributed by atoms with Gasteiger partial charge in [-0.2, -0.15) is 0 Å². The summed E-state index contributed by atoms with van der Waals surface area (Å²) >= 11 is 0. The van der Waals surface area contributed by atoms with Crippen LogP contribution in [0.2, 0.25) is 0 Å². The molecular weight excluding hydrogens is 188 g/mol. The molecule has 1 aliphatic heterocycles. The van der Waals surface area contributed by atoms with Gasteiger partial charge in [0, 0.05) is 20.2 Å². The molecule has 0 spiro atoms. The van der Waals surface area contributed by atoms with Crippen molar-refractivity contribution in [3.8, 4) is 0 Å². The van der Waals surface area contributed by atoms with Gasteiger partial charge in [-0.3, -0.25) is 0 Å². The van der Waals surface area contributed by atoms with Gasteiger partial charge in [0.15, 0.2) is 0 Å². The van der Waals surface area contributed by atoms with Gasteiger partial charge in [0.1, 0.15) is 0 Å². The third-order valence-electron chi connectivity index (χ3n) is 3.48. The van der Waals surface area contributed by atoms with Crippen LogP contribution in [0.4, 0.5) is 0 Å². The first-order valence-electron chi connectivity index (χ1n) is 5.94. The number of ether oxygens (including phenoxy) is 1. The number of nitrogens with two attached hydrogens (primary N) is 1. The number of likely N-dealkylation sites (tertiary alicyclic amines) is 1.